The molecule has 1 saturated heterocycles. The third-order valence-corrected chi connectivity index (χ3v) is 5.47. The number of rotatable bonds is 9. The zero-order chi connectivity index (χ0) is 24.7. The van der Waals surface area contributed by atoms with E-state index in [1.165, 1.54) is 6.08 Å². The van der Waals surface area contributed by atoms with E-state index in [1.807, 2.05) is 19.1 Å². The molecule has 2 aromatic carbocycles. The van der Waals surface area contributed by atoms with Crippen molar-refractivity contribution in [3.63, 3.8) is 0 Å². The fraction of sp³-hybridized carbons (Fsp3) is 0.250. The molecule has 2 N–H and O–H groups in total. The highest BCUT2D eigenvalue weighted by molar-refractivity contribution is 9.10. The van der Waals surface area contributed by atoms with Crippen molar-refractivity contribution < 1.29 is 28.7 Å². The molecule has 1 aliphatic heterocycles. The molecule has 3 rings (SSSR count). The van der Waals surface area contributed by atoms with E-state index in [-0.39, 0.29) is 18.9 Å². The first-order chi connectivity index (χ1) is 16.3. The van der Waals surface area contributed by atoms with E-state index < -0.39 is 30.4 Å². The van der Waals surface area contributed by atoms with E-state index in [1.54, 1.807) is 37.3 Å². The zero-order valence-electron chi connectivity index (χ0n) is 18.7. The van der Waals surface area contributed by atoms with Gasteiger partial charge in [0.2, 0.25) is 5.91 Å². The number of nitrogens with zero attached hydrogens (tertiary/aromatic N) is 1. The number of halogens is 1. The molecule has 1 heterocycles. The number of hydrogen-bond donors (Lipinski definition) is 2. The Balaban J connectivity index is 1.65. The normalized spacial score (nSPS) is 14.2. The molecule has 0 atom stereocenters. The lowest BCUT2D eigenvalue weighted by Crippen LogP contribution is -2.38. The average Bonchev–Trinajstić information content (AvgIpc) is 3.06. The summed E-state index contributed by atoms with van der Waals surface area (Å²) in [6, 6.07) is 11.6. The molecule has 4 amide bonds. The van der Waals surface area contributed by atoms with Gasteiger partial charge in [-0.2, -0.15) is 0 Å². The van der Waals surface area contributed by atoms with Crippen LogP contribution < -0.4 is 15.4 Å². The molecule has 1 fully saturated rings. The van der Waals surface area contributed by atoms with Crippen molar-refractivity contribution in [2.75, 3.05) is 25.1 Å². The van der Waals surface area contributed by atoms with Gasteiger partial charge in [0, 0.05) is 5.69 Å². The second-order valence-electron chi connectivity index (χ2n) is 7.22. The summed E-state index contributed by atoms with van der Waals surface area (Å²) in [6.45, 7) is 3.29. The Morgan fingerprint density at radius 1 is 1.15 bits per heavy atom. The van der Waals surface area contributed by atoms with E-state index >= 15 is 0 Å². The smallest absolute Gasteiger partial charge is 0.344 e. The summed E-state index contributed by atoms with van der Waals surface area (Å²) in [5, 5.41) is 5.24. The lowest BCUT2D eigenvalue weighted by molar-refractivity contribution is -0.145. The largest absolute Gasteiger partial charge is 0.481 e. The number of carbonyl (C=O) groups excluding carboxylic acids is 4. The van der Waals surface area contributed by atoms with Gasteiger partial charge in [0.15, 0.2) is 6.61 Å². The SMILES string of the molecule is CCOC(=O)COc1ccc(/C=C2/NC(=O)N(CC(=O)Nc3ccccc3CC)C2=O)cc1Br. The summed E-state index contributed by atoms with van der Waals surface area (Å²) in [5.74, 6) is -1.15. The van der Waals surface area contributed by atoms with Gasteiger partial charge < -0.3 is 20.1 Å². The molecule has 0 aromatic heterocycles. The molecule has 0 radical (unpaired) electrons. The first-order valence-corrected chi connectivity index (χ1v) is 11.4. The van der Waals surface area contributed by atoms with Gasteiger partial charge in [-0.1, -0.05) is 31.2 Å². The predicted octanol–water partition coefficient (Wildman–Crippen LogP) is 3.48. The van der Waals surface area contributed by atoms with Crippen LogP contribution in [0.4, 0.5) is 10.5 Å². The molecular weight excluding hydrogens is 506 g/mol. The standard InChI is InChI=1S/C24H24BrN3O6/c1-3-16-7-5-6-8-18(16)26-21(29)13-28-23(31)19(27-24(28)32)12-15-9-10-20(17(25)11-15)34-14-22(30)33-4-2/h5-12H,3-4,13-14H2,1-2H3,(H,26,29)(H,27,32)/b19-12+. The molecule has 34 heavy (non-hydrogen) atoms. The minimum Gasteiger partial charge on any atom is -0.481 e. The number of ether oxygens (including phenoxy) is 2. The highest BCUT2D eigenvalue weighted by atomic mass is 79.9. The summed E-state index contributed by atoms with van der Waals surface area (Å²) in [6.07, 6.45) is 2.22. The van der Waals surface area contributed by atoms with Gasteiger partial charge in [-0.25, -0.2) is 14.5 Å². The summed E-state index contributed by atoms with van der Waals surface area (Å²) in [7, 11) is 0. The number of hydrogen-bond acceptors (Lipinski definition) is 6. The van der Waals surface area contributed by atoms with Crippen LogP contribution in [0.3, 0.4) is 0 Å². The molecule has 0 aliphatic carbocycles. The molecule has 9 nitrogen and oxygen atoms in total. The summed E-state index contributed by atoms with van der Waals surface area (Å²) in [5.41, 5.74) is 2.24. The van der Waals surface area contributed by atoms with Crippen LogP contribution in [0.25, 0.3) is 6.08 Å². The van der Waals surface area contributed by atoms with Gasteiger partial charge in [-0.3, -0.25) is 9.59 Å². The van der Waals surface area contributed by atoms with Crippen LogP contribution in [0, 0.1) is 0 Å². The van der Waals surface area contributed by atoms with Crippen molar-refractivity contribution in [2.45, 2.75) is 20.3 Å². The number of aryl methyl sites for hydroxylation is 1. The van der Waals surface area contributed by atoms with E-state index in [0.717, 1.165) is 16.9 Å². The number of amides is 4. The van der Waals surface area contributed by atoms with Crippen LogP contribution in [0.1, 0.15) is 25.0 Å². The third-order valence-electron chi connectivity index (χ3n) is 4.85. The van der Waals surface area contributed by atoms with Gasteiger partial charge in [0.25, 0.3) is 5.91 Å². The van der Waals surface area contributed by atoms with Crippen molar-refractivity contribution >= 4 is 51.5 Å². The highest BCUT2D eigenvalue weighted by Crippen LogP contribution is 2.27. The fourth-order valence-corrected chi connectivity index (χ4v) is 3.74. The van der Waals surface area contributed by atoms with E-state index in [2.05, 4.69) is 26.6 Å². The van der Waals surface area contributed by atoms with Gasteiger partial charge in [-0.05, 0) is 64.7 Å². The maximum atomic E-state index is 12.7. The number of anilines is 1. The van der Waals surface area contributed by atoms with Crippen molar-refractivity contribution in [3.8, 4) is 5.75 Å². The predicted molar refractivity (Wildman–Crippen MR) is 129 cm³/mol. The van der Waals surface area contributed by atoms with Crippen LogP contribution >= 0.6 is 15.9 Å². The Morgan fingerprint density at radius 2 is 1.91 bits per heavy atom. The molecule has 0 bridgehead atoms. The van der Waals surface area contributed by atoms with Crippen molar-refractivity contribution in [1.29, 1.82) is 0 Å². The molecule has 178 valence electrons. The van der Waals surface area contributed by atoms with Gasteiger partial charge in [-0.15, -0.1) is 0 Å². The minimum atomic E-state index is -0.677. The molecule has 0 saturated carbocycles. The second kappa shape index (κ2) is 11.5. The monoisotopic (exact) mass is 529 g/mol. The van der Waals surface area contributed by atoms with Crippen LogP contribution in [-0.2, 0) is 25.5 Å². The molecular formula is C24H24BrN3O6. The number of benzene rings is 2. The topological polar surface area (TPSA) is 114 Å². The fourth-order valence-electron chi connectivity index (χ4n) is 3.23. The highest BCUT2D eigenvalue weighted by Gasteiger charge is 2.35. The lowest BCUT2D eigenvalue weighted by atomic mass is 10.1. The van der Waals surface area contributed by atoms with Crippen LogP contribution in [0.2, 0.25) is 0 Å². The van der Waals surface area contributed by atoms with E-state index in [9.17, 15) is 19.2 Å². The average molecular weight is 530 g/mol. The maximum absolute atomic E-state index is 12.7. The maximum Gasteiger partial charge on any atom is 0.344 e. The Morgan fingerprint density at radius 3 is 2.62 bits per heavy atom. The first-order valence-electron chi connectivity index (χ1n) is 10.6. The first kappa shape index (κ1) is 25.0. The summed E-state index contributed by atoms with van der Waals surface area (Å²) < 4.78 is 10.8. The molecule has 10 heteroatoms. The van der Waals surface area contributed by atoms with E-state index in [4.69, 9.17) is 9.47 Å². The zero-order valence-corrected chi connectivity index (χ0v) is 20.3. The summed E-state index contributed by atoms with van der Waals surface area (Å²) >= 11 is 3.36. The van der Waals surface area contributed by atoms with Crippen molar-refractivity contribution in [3.05, 3.63) is 63.8 Å². The van der Waals surface area contributed by atoms with E-state index in [0.29, 0.717) is 21.5 Å². The minimum absolute atomic E-state index is 0.0406. The van der Waals surface area contributed by atoms with Crippen molar-refractivity contribution in [1.82, 2.24) is 10.2 Å². The molecule has 1 aliphatic rings. The van der Waals surface area contributed by atoms with Crippen LogP contribution in [0.5, 0.6) is 5.75 Å². The van der Waals surface area contributed by atoms with Crippen molar-refractivity contribution in [2.24, 2.45) is 0 Å². The number of urea groups is 1. The Bertz CT molecular complexity index is 1150. The van der Waals surface area contributed by atoms with Gasteiger partial charge in [0.05, 0.1) is 11.1 Å². The summed E-state index contributed by atoms with van der Waals surface area (Å²) in [4.78, 5) is 49.8. The van der Waals surface area contributed by atoms with Gasteiger partial charge >= 0.3 is 12.0 Å². The molecule has 2 aromatic rings. The lowest BCUT2D eigenvalue weighted by Gasteiger charge is -2.13. The van der Waals surface area contributed by atoms with Crippen LogP contribution in [-0.4, -0.2) is 48.5 Å². The number of para-hydroxylation sites is 1. The second-order valence-corrected chi connectivity index (χ2v) is 8.08. The number of imide groups is 1. The Kier molecular flexibility index (Phi) is 8.42. The van der Waals surface area contributed by atoms with Crippen LogP contribution in [0.15, 0.2) is 52.6 Å². The number of carbonyl (C=O) groups is 4. The quantitative estimate of drug-likeness (QED) is 0.292. The Hall–Kier alpha value is -3.66. The van der Waals surface area contributed by atoms with Gasteiger partial charge in [0.1, 0.15) is 18.0 Å². The third kappa shape index (κ3) is 6.22. The number of esters is 1. The Labute approximate surface area is 205 Å². The molecule has 0 spiro atoms. The number of nitrogens with one attached hydrogen (secondary N) is 2. The molecule has 0 unspecified atom stereocenters.